The molecule has 9 heteroatoms. The van der Waals surface area contributed by atoms with E-state index in [0.29, 0.717) is 43.6 Å². The van der Waals surface area contributed by atoms with Crippen molar-refractivity contribution in [3.8, 4) is 28.7 Å². The molecular weight excluding hydrogens is 512 g/mol. The molecule has 3 unspecified atom stereocenters. The van der Waals surface area contributed by atoms with Gasteiger partial charge in [-0.1, -0.05) is 18.2 Å². The first-order chi connectivity index (χ1) is 19.7. The molecule has 3 aliphatic heterocycles. The van der Waals surface area contributed by atoms with Crippen LogP contribution in [0.4, 0.5) is 5.69 Å². The van der Waals surface area contributed by atoms with Gasteiger partial charge in [0.2, 0.25) is 6.79 Å². The summed E-state index contributed by atoms with van der Waals surface area (Å²) in [5.74, 6) is 3.52. The lowest BCUT2D eigenvalue weighted by molar-refractivity contribution is -0.0328. The number of ether oxygens (including phenoxy) is 6. The average Bonchev–Trinajstić information content (AvgIpc) is 3.45. The van der Waals surface area contributed by atoms with E-state index in [0.717, 1.165) is 54.4 Å². The number of hydrogen-bond donors (Lipinski definition) is 2. The van der Waals surface area contributed by atoms with Crippen LogP contribution >= 0.6 is 0 Å². The van der Waals surface area contributed by atoms with Crippen molar-refractivity contribution < 1.29 is 33.5 Å². The summed E-state index contributed by atoms with van der Waals surface area (Å²) in [6.07, 6.45) is 0.215. The molecule has 1 fully saturated rings. The zero-order valence-corrected chi connectivity index (χ0v) is 22.7. The van der Waals surface area contributed by atoms with Crippen molar-refractivity contribution in [2.75, 3.05) is 58.2 Å². The van der Waals surface area contributed by atoms with Gasteiger partial charge in [0.1, 0.15) is 23.9 Å². The second-order valence-electron chi connectivity index (χ2n) is 10.3. The number of methoxy groups -OCH3 is 1. The summed E-state index contributed by atoms with van der Waals surface area (Å²) in [7, 11) is 1.73. The summed E-state index contributed by atoms with van der Waals surface area (Å²) in [6.45, 7) is 5.05. The second kappa shape index (κ2) is 12.3. The predicted molar refractivity (Wildman–Crippen MR) is 150 cm³/mol. The lowest BCUT2D eigenvalue weighted by atomic mass is 9.85. The van der Waals surface area contributed by atoms with E-state index >= 15 is 0 Å². The van der Waals surface area contributed by atoms with E-state index in [1.165, 1.54) is 0 Å². The van der Waals surface area contributed by atoms with E-state index in [1.54, 1.807) is 7.11 Å². The third-order valence-electron chi connectivity index (χ3n) is 7.58. The number of aliphatic hydroxyl groups is 1. The first kappa shape index (κ1) is 26.7. The molecule has 3 aromatic rings. The Bertz CT molecular complexity index is 1290. The number of hydrogen-bond acceptors (Lipinski definition) is 9. The third kappa shape index (κ3) is 5.97. The Kier molecular flexibility index (Phi) is 8.24. The summed E-state index contributed by atoms with van der Waals surface area (Å²) in [5, 5.41) is 14.3. The zero-order chi connectivity index (χ0) is 27.3. The Hall–Kier alpha value is -3.50. The first-order valence-electron chi connectivity index (χ1n) is 13.9. The molecule has 2 N–H and O–H groups in total. The number of nitrogens with one attached hydrogen (secondary N) is 1. The Morgan fingerprint density at radius 2 is 1.75 bits per heavy atom. The lowest BCUT2D eigenvalue weighted by Gasteiger charge is -2.36. The van der Waals surface area contributed by atoms with Gasteiger partial charge in [-0.25, -0.2) is 0 Å². The normalized spacial score (nSPS) is 21.6. The van der Waals surface area contributed by atoms with Crippen LogP contribution in [0.25, 0.3) is 0 Å². The highest BCUT2D eigenvalue weighted by molar-refractivity contribution is 5.61. The highest BCUT2D eigenvalue weighted by Gasteiger charge is 2.34. The number of anilines is 1. The monoisotopic (exact) mass is 548 g/mol. The Morgan fingerprint density at radius 3 is 2.62 bits per heavy atom. The van der Waals surface area contributed by atoms with Crippen LogP contribution < -0.4 is 29.2 Å². The summed E-state index contributed by atoms with van der Waals surface area (Å²) >= 11 is 0. The molecule has 0 saturated carbocycles. The van der Waals surface area contributed by atoms with Crippen molar-refractivity contribution in [3.63, 3.8) is 0 Å². The van der Waals surface area contributed by atoms with Gasteiger partial charge in [-0.3, -0.25) is 0 Å². The van der Waals surface area contributed by atoms with Gasteiger partial charge in [-0.15, -0.1) is 0 Å². The van der Waals surface area contributed by atoms with Crippen LogP contribution in [-0.2, 0) is 16.1 Å². The number of fused-ring (bicyclic) bond motifs is 2. The molecule has 1 saturated heterocycles. The summed E-state index contributed by atoms with van der Waals surface area (Å²) in [6, 6.07) is 19.6. The smallest absolute Gasteiger partial charge is 0.231 e. The summed E-state index contributed by atoms with van der Waals surface area (Å²) in [5.41, 5.74) is 3.19. The molecule has 0 spiro atoms. The van der Waals surface area contributed by atoms with Gasteiger partial charge in [0.05, 0.1) is 31.0 Å². The van der Waals surface area contributed by atoms with Crippen molar-refractivity contribution in [3.05, 3.63) is 71.8 Å². The van der Waals surface area contributed by atoms with Gasteiger partial charge < -0.3 is 43.7 Å². The molecule has 9 nitrogen and oxygen atoms in total. The summed E-state index contributed by atoms with van der Waals surface area (Å²) in [4.78, 5) is 2.35. The highest BCUT2D eigenvalue weighted by atomic mass is 16.7. The highest BCUT2D eigenvalue weighted by Crippen LogP contribution is 2.38. The molecule has 6 rings (SSSR count). The van der Waals surface area contributed by atoms with E-state index in [2.05, 4.69) is 22.3 Å². The molecule has 0 aromatic heterocycles. The molecule has 0 aliphatic carbocycles. The molecule has 212 valence electrons. The zero-order valence-electron chi connectivity index (χ0n) is 22.7. The Morgan fingerprint density at radius 1 is 0.925 bits per heavy atom. The van der Waals surface area contributed by atoms with Crippen molar-refractivity contribution >= 4 is 5.69 Å². The molecule has 3 heterocycles. The SMILES string of the molecule is COCCCN1CCOc2ccc(COC3CNCC(O)C3c3ccc(Oc4ccc5c(c4)OCO5)cc3)cc21. The fraction of sp³-hybridized carbons (Fsp3) is 0.419. The molecule has 3 atom stereocenters. The van der Waals surface area contributed by atoms with E-state index < -0.39 is 6.10 Å². The van der Waals surface area contributed by atoms with Crippen molar-refractivity contribution in [2.45, 2.75) is 31.2 Å². The largest absolute Gasteiger partial charge is 0.490 e. The lowest BCUT2D eigenvalue weighted by Crippen LogP contribution is -2.49. The van der Waals surface area contributed by atoms with E-state index in [4.69, 9.17) is 28.4 Å². The maximum atomic E-state index is 10.9. The molecule has 0 amide bonds. The average molecular weight is 549 g/mol. The van der Waals surface area contributed by atoms with Crippen LogP contribution in [0.1, 0.15) is 23.5 Å². The van der Waals surface area contributed by atoms with E-state index in [1.807, 2.05) is 48.5 Å². The van der Waals surface area contributed by atoms with Gasteiger partial charge in [-0.05, 0) is 53.9 Å². The second-order valence-corrected chi connectivity index (χ2v) is 10.3. The number of piperidine rings is 1. The predicted octanol–water partition coefficient (Wildman–Crippen LogP) is 4.08. The van der Waals surface area contributed by atoms with Gasteiger partial charge in [0, 0.05) is 45.3 Å². The van der Waals surface area contributed by atoms with Crippen LogP contribution in [-0.4, -0.2) is 70.6 Å². The molecule has 3 aromatic carbocycles. The molecule has 0 bridgehead atoms. The van der Waals surface area contributed by atoms with Crippen molar-refractivity contribution in [2.24, 2.45) is 0 Å². The van der Waals surface area contributed by atoms with Crippen LogP contribution in [0.3, 0.4) is 0 Å². The maximum Gasteiger partial charge on any atom is 0.231 e. The Balaban J connectivity index is 1.11. The fourth-order valence-corrected chi connectivity index (χ4v) is 5.55. The number of benzene rings is 3. The molecule has 40 heavy (non-hydrogen) atoms. The van der Waals surface area contributed by atoms with Crippen molar-refractivity contribution in [1.82, 2.24) is 5.32 Å². The fourth-order valence-electron chi connectivity index (χ4n) is 5.55. The number of rotatable bonds is 10. The van der Waals surface area contributed by atoms with Gasteiger partial charge in [0.15, 0.2) is 11.5 Å². The number of β-amino-alcohol motifs (C(OH)–C–C–N with tert-alkyl or cyclic N) is 1. The Labute approximate surface area is 234 Å². The number of aliphatic hydroxyl groups excluding tert-OH is 1. The van der Waals surface area contributed by atoms with Gasteiger partial charge in [0.25, 0.3) is 0 Å². The van der Waals surface area contributed by atoms with E-state index in [9.17, 15) is 5.11 Å². The van der Waals surface area contributed by atoms with Crippen LogP contribution in [0.15, 0.2) is 60.7 Å². The first-order valence-corrected chi connectivity index (χ1v) is 13.9. The van der Waals surface area contributed by atoms with E-state index in [-0.39, 0.29) is 18.8 Å². The van der Waals surface area contributed by atoms with Crippen LogP contribution in [0, 0.1) is 0 Å². The van der Waals surface area contributed by atoms with Crippen LogP contribution in [0.5, 0.6) is 28.7 Å². The quantitative estimate of drug-likeness (QED) is 0.364. The van der Waals surface area contributed by atoms with Crippen molar-refractivity contribution in [1.29, 1.82) is 0 Å². The van der Waals surface area contributed by atoms with Gasteiger partial charge in [-0.2, -0.15) is 0 Å². The minimum Gasteiger partial charge on any atom is -0.490 e. The number of nitrogens with zero attached hydrogens (tertiary/aromatic N) is 1. The maximum absolute atomic E-state index is 10.9. The molecule has 3 aliphatic rings. The van der Waals surface area contributed by atoms with Crippen LogP contribution in [0.2, 0.25) is 0 Å². The third-order valence-corrected chi connectivity index (χ3v) is 7.58. The summed E-state index contributed by atoms with van der Waals surface area (Å²) < 4.78 is 34.4. The standard InChI is InChI=1S/C31H36N2O7/c1-35-13-2-11-33-12-14-36-27-9-3-21(15-25(27)33)19-37-30-18-32-17-26(34)31(30)22-4-6-23(7-5-22)40-24-8-10-28-29(16-24)39-20-38-28/h3-10,15-16,26,30-32,34H,2,11-14,17-20H2,1H3. The minimum absolute atomic E-state index is 0.160. The molecular formula is C31H36N2O7. The minimum atomic E-state index is -0.562. The van der Waals surface area contributed by atoms with Gasteiger partial charge >= 0.3 is 0 Å². The molecule has 0 radical (unpaired) electrons. The topological polar surface area (TPSA) is 90.9 Å².